The molecule has 1 aromatic carbocycles. The summed E-state index contributed by atoms with van der Waals surface area (Å²) in [5, 5.41) is 3.33. The van der Waals surface area contributed by atoms with Crippen LogP contribution in [0.1, 0.15) is 5.56 Å². The van der Waals surface area contributed by atoms with Gasteiger partial charge >= 0.3 is 0 Å². The quantitative estimate of drug-likeness (QED) is 0.838. The average molecular weight is 373 g/mol. The van der Waals surface area contributed by atoms with E-state index in [-0.39, 0.29) is 12.3 Å². The Morgan fingerprint density at radius 3 is 2.94 bits per heavy atom. The van der Waals surface area contributed by atoms with Crippen molar-refractivity contribution in [2.24, 2.45) is 0 Å². The van der Waals surface area contributed by atoms with Gasteiger partial charge in [-0.15, -0.1) is 0 Å². The molecule has 0 aliphatic heterocycles. The van der Waals surface area contributed by atoms with Crippen molar-refractivity contribution in [1.82, 2.24) is 4.98 Å². The minimum Gasteiger partial charge on any atom is -0.324 e. The monoisotopic (exact) mass is 372 g/mol. The van der Waals surface area contributed by atoms with Gasteiger partial charge in [0.15, 0.2) is 0 Å². The molecular formula is C13H10ClIN2O. The highest BCUT2D eigenvalue weighted by molar-refractivity contribution is 14.1. The summed E-state index contributed by atoms with van der Waals surface area (Å²) in [5.74, 6) is -0.105. The zero-order valence-electron chi connectivity index (χ0n) is 9.36. The van der Waals surface area contributed by atoms with Crippen molar-refractivity contribution in [2.45, 2.75) is 6.42 Å². The molecule has 3 nitrogen and oxygen atoms in total. The number of hydrogen-bond acceptors (Lipinski definition) is 2. The first kappa shape index (κ1) is 13.3. The fraction of sp³-hybridized carbons (Fsp3) is 0.0769. The summed E-state index contributed by atoms with van der Waals surface area (Å²) in [4.78, 5) is 15.8. The number of nitrogens with zero attached hydrogens (tertiary/aromatic N) is 1. The third-order valence-corrected chi connectivity index (χ3v) is 3.29. The average Bonchev–Trinajstić information content (AvgIpc) is 2.35. The zero-order valence-corrected chi connectivity index (χ0v) is 12.3. The number of hydrogen-bond donors (Lipinski definition) is 1. The Balaban J connectivity index is 2.05. The van der Waals surface area contributed by atoms with Crippen molar-refractivity contribution in [3.63, 3.8) is 0 Å². The van der Waals surface area contributed by atoms with Crippen LogP contribution in [0.2, 0.25) is 5.02 Å². The SMILES string of the molecule is O=C(Cc1cccnc1)Nc1cc(I)ccc1Cl. The highest BCUT2D eigenvalue weighted by Crippen LogP contribution is 2.23. The van der Waals surface area contributed by atoms with E-state index < -0.39 is 0 Å². The molecule has 0 aliphatic rings. The first-order valence-electron chi connectivity index (χ1n) is 5.29. The number of rotatable bonds is 3. The topological polar surface area (TPSA) is 42.0 Å². The van der Waals surface area contributed by atoms with E-state index in [2.05, 4.69) is 32.9 Å². The standard InChI is InChI=1S/C13H10ClIN2O/c14-11-4-3-10(15)7-12(11)17-13(18)6-9-2-1-5-16-8-9/h1-5,7-8H,6H2,(H,17,18). The maximum atomic E-state index is 11.8. The lowest BCUT2D eigenvalue weighted by Gasteiger charge is -2.07. The van der Waals surface area contributed by atoms with E-state index in [4.69, 9.17) is 11.6 Å². The number of nitrogens with one attached hydrogen (secondary N) is 1. The molecule has 5 heteroatoms. The first-order chi connectivity index (χ1) is 8.65. The van der Waals surface area contributed by atoms with E-state index in [9.17, 15) is 4.79 Å². The lowest BCUT2D eigenvalue weighted by Crippen LogP contribution is -2.14. The van der Waals surface area contributed by atoms with E-state index in [1.807, 2.05) is 18.2 Å². The predicted octanol–water partition coefficient (Wildman–Crippen LogP) is 3.52. The number of carbonyl (C=O) groups excluding carboxylic acids is 1. The number of pyridine rings is 1. The number of aromatic nitrogens is 1. The molecule has 1 heterocycles. The van der Waals surface area contributed by atoms with Gasteiger partial charge in [0.1, 0.15) is 0 Å². The Kier molecular flexibility index (Phi) is 4.54. The molecule has 0 fully saturated rings. The lowest BCUT2D eigenvalue weighted by molar-refractivity contribution is -0.115. The van der Waals surface area contributed by atoms with Gasteiger partial charge in [-0.1, -0.05) is 17.7 Å². The third kappa shape index (κ3) is 3.68. The van der Waals surface area contributed by atoms with E-state index >= 15 is 0 Å². The Labute approximate surface area is 124 Å². The second kappa shape index (κ2) is 6.15. The van der Waals surface area contributed by atoms with Crippen molar-refractivity contribution in [2.75, 3.05) is 5.32 Å². The molecule has 1 amide bonds. The van der Waals surface area contributed by atoms with Crippen LogP contribution >= 0.6 is 34.2 Å². The Bertz CT molecular complexity index is 560. The zero-order chi connectivity index (χ0) is 13.0. The molecular weight excluding hydrogens is 363 g/mol. The number of benzene rings is 1. The largest absolute Gasteiger partial charge is 0.324 e. The lowest BCUT2D eigenvalue weighted by atomic mass is 10.2. The fourth-order valence-electron chi connectivity index (χ4n) is 1.48. The molecule has 0 bridgehead atoms. The highest BCUT2D eigenvalue weighted by atomic mass is 127. The second-order valence-corrected chi connectivity index (χ2v) is 5.36. The second-order valence-electron chi connectivity index (χ2n) is 3.71. The molecule has 2 rings (SSSR count). The van der Waals surface area contributed by atoms with Crippen LogP contribution in [0.4, 0.5) is 5.69 Å². The minimum absolute atomic E-state index is 0.105. The van der Waals surface area contributed by atoms with Crippen LogP contribution in [0, 0.1) is 3.57 Å². The summed E-state index contributed by atoms with van der Waals surface area (Å²) in [6.07, 6.45) is 3.64. The van der Waals surface area contributed by atoms with Crippen LogP contribution in [-0.4, -0.2) is 10.9 Å². The van der Waals surface area contributed by atoms with Crippen molar-refractivity contribution in [3.8, 4) is 0 Å². The minimum atomic E-state index is -0.105. The number of halogens is 2. The van der Waals surface area contributed by atoms with Gasteiger partial charge < -0.3 is 5.32 Å². The summed E-state index contributed by atoms with van der Waals surface area (Å²) in [5.41, 5.74) is 1.51. The van der Waals surface area contributed by atoms with E-state index in [1.165, 1.54) is 0 Å². The van der Waals surface area contributed by atoms with E-state index in [0.717, 1.165) is 9.13 Å². The molecule has 0 aliphatic carbocycles. The molecule has 0 spiro atoms. The van der Waals surface area contributed by atoms with Crippen molar-refractivity contribution < 1.29 is 4.79 Å². The first-order valence-corrected chi connectivity index (χ1v) is 6.74. The predicted molar refractivity (Wildman–Crippen MR) is 80.7 cm³/mol. The van der Waals surface area contributed by atoms with Crippen molar-refractivity contribution in [3.05, 3.63) is 56.9 Å². The number of carbonyl (C=O) groups is 1. The van der Waals surface area contributed by atoms with Crippen LogP contribution in [-0.2, 0) is 11.2 Å². The van der Waals surface area contributed by atoms with Crippen LogP contribution in [0.5, 0.6) is 0 Å². The number of amides is 1. The molecule has 1 aromatic heterocycles. The van der Waals surface area contributed by atoms with Crippen molar-refractivity contribution >= 4 is 45.8 Å². The summed E-state index contributed by atoms with van der Waals surface area (Å²) in [7, 11) is 0. The summed E-state index contributed by atoms with van der Waals surface area (Å²) in [6, 6.07) is 9.16. The van der Waals surface area contributed by atoms with Gasteiger partial charge in [-0.25, -0.2) is 0 Å². The maximum Gasteiger partial charge on any atom is 0.228 e. The number of anilines is 1. The van der Waals surface area contributed by atoms with Gasteiger partial charge in [0.25, 0.3) is 0 Å². The molecule has 18 heavy (non-hydrogen) atoms. The Hall–Kier alpha value is -1.14. The summed E-state index contributed by atoms with van der Waals surface area (Å²) < 4.78 is 1.02. The van der Waals surface area contributed by atoms with Gasteiger partial charge in [0.2, 0.25) is 5.91 Å². The van der Waals surface area contributed by atoms with Crippen LogP contribution < -0.4 is 5.32 Å². The molecule has 0 unspecified atom stereocenters. The molecule has 0 saturated carbocycles. The van der Waals surface area contributed by atoms with Crippen molar-refractivity contribution in [1.29, 1.82) is 0 Å². The van der Waals surface area contributed by atoms with E-state index in [0.29, 0.717) is 10.7 Å². The summed E-state index contributed by atoms with van der Waals surface area (Å²) in [6.45, 7) is 0. The van der Waals surface area contributed by atoms with Crippen LogP contribution in [0.15, 0.2) is 42.7 Å². The van der Waals surface area contributed by atoms with E-state index in [1.54, 1.807) is 24.5 Å². The smallest absolute Gasteiger partial charge is 0.228 e. The van der Waals surface area contributed by atoms with Gasteiger partial charge in [-0.3, -0.25) is 9.78 Å². The highest BCUT2D eigenvalue weighted by Gasteiger charge is 2.07. The molecule has 0 radical (unpaired) electrons. The molecule has 2 aromatic rings. The summed E-state index contributed by atoms with van der Waals surface area (Å²) >= 11 is 8.19. The normalized spacial score (nSPS) is 10.1. The molecule has 0 saturated heterocycles. The molecule has 0 atom stereocenters. The molecule has 1 N–H and O–H groups in total. The van der Waals surface area contributed by atoms with Gasteiger partial charge in [0, 0.05) is 16.0 Å². The van der Waals surface area contributed by atoms with Gasteiger partial charge in [0.05, 0.1) is 17.1 Å². The van der Waals surface area contributed by atoms with Gasteiger partial charge in [-0.2, -0.15) is 0 Å². The Morgan fingerprint density at radius 1 is 1.39 bits per heavy atom. The molecule has 92 valence electrons. The fourth-order valence-corrected chi connectivity index (χ4v) is 2.13. The Morgan fingerprint density at radius 2 is 2.22 bits per heavy atom. The van der Waals surface area contributed by atoms with Crippen LogP contribution in [0.3, 0.4) is 0 Å². The maximum absolute atomic E-state index is 11.8. The van der Waals surface area contributed by atoms with Gasteiger partial charge in [-0.05, 0) is 52.4 Å². The third-order valence-electron chi connectivity index (χ3n) is 2.29. The van der Waals surface area contributed by atoms with Crippen LogP contribution in [0.25, 0.3) is 0 Å².